The number of likely N-dealkylation sites (N-methyl/N-ethyl adjacent to an activating group) is 1. The summed E-state index contributed by atoms with van der Waals surface area (Å²) in [6.07, 6.45) is 6.06. The van der Waals surface area contributed by atoms with Gasteiger partial charge in [-0.25, -0.2) is 0 Å². The third kappa shape index (κ3) is 5.11. The molecular formula is C24H31N3O4S. The zero-order valence-corrected chi connectivity index (χ0v) is 19.7. The van der Waals surface area contributed by atoms with Crippen LogP contribution in [0.5, 0.6) is 5.88 Å². The molecule has 2 fully saturated rings. The van der Waals surface area contributed by atoms with Crippen molar-refractivity contribution in [3.05, 3.63) is 36.1 Å². The van der Waals surface area contributed by atoms with Gasteiger partial charge in [-0.15, -0.1) is 0 Å². The van der Waals surface area contributed by atoms with Gasteiger partial charge in [-0.1, -0.05) is 49.7 Å². The zero-order chi connectivity index (χ0) is 22.7. The Morgan fingerprint density at radius 1 is 1.22 bits per heavy atom. The lowest BCUT2D eigenvalue weighted by atomic mass is 9.65. The van der Waals surface area contributed by atoms with E-state index in [-0.39, 0.29) is 36.1 Å². The number of nitrogens with zero attached hydrogens (tertiary/aromatic N) is 2. The lowest BCUT2D eigenvalue weighted by Gasteiger charge is -2.44. The minimum Gasteiger partial charge on any atom is -0.465 e. The standard InChI is InChI=1S/C24H31N3O4S/c1-15-12-16-8-7-9-17(13-16)20(15)25-23(29)21-22(32-18-10-5-4-6-11-18)24(26-31-21)30-14-19(28)27(2)3/h4-6,10-11,15-17,20H,7-9,12-14H2,1-3H3,(H,25,29). The molecule has 1 N–H and O–H groups in total. The first kappa shape index (κ1) is 22.7. The van der Waals surface area contributed by atoms with Gasteiger partial charge in [0.15, 0.2) is 6.61 Å². The highest BCUT2D eigenvalue weighted by atomic mass is 32.2. The van der Waals surface area contributed by atoms with Crippen LogP contribution in [-0.2, 0) is 4.79 Å². The van der Waals surface area contributed by atoms with Crippen molar-refractivity contribution in [1.82, 2.24) is 15.4 Å². The number of carbonyl (C=O) groups excluding carboxylic acids is 2. The van der Waals surface area contributed by atoms with Gasteiger partial charge >= 0.3 is 0 Å². The first-order valence-corrected chi connectivity index (χ1v) is 12.1. The van der Waals surface area contributed by atoms with Gasteiger partial charge in [0.05, 0.1) is 0 Å². The van der Waals surface area contributed by atoms with Crippen LogP contribution in [0.4, 0.5) is 0 Å². The summed E-state index contributed by atoms with van der Waals surface area (Å²) in [5.74, 6) is 1.57. The molecular weight excluding hydrogens is 426 g/mol. The van der Waals surface area contributed by atoms with Crippen LogP contribution in [0.15, 0.2) is 44.6 Å². The normalized spacial score (nSPS) is 24.6. The number of fused-ring (bicyclic) bond motifs is 2. The molecule has 4 rings (SSSR count). The van der Waals surface area contributed by atoms with Crippen molar-refractivity contribution in [1.29, 1.82) is 0 Å². The van der Waals surface area contributed by atoms with Crippen LogP contribution in [0.3, 0.4) is 0 Å². The Balaban J connectivity index is 1.55. The molecule has 2 aliphatic carbocycles. The lowest BCUT2D eigenvalue weighted by molar-refractivity contribution is -0.130. The maximum atomic E-state index is 13.3. The number of hydrogen-bond donors (Lipinski definition) is 1. The van der Waals surface area contributed by atoms with E-state index in [4.69, 9.17) is 9.26 Å². The number of rotatable bonds is 7. The number of aromatic nitrogens is 1. The third-order valence-electron chi connectivity index (χ3n) is 6.57. The number of benzene rings is 1. The topological polar surface area (TPSA) is 84.7 Å². The van der Waals surface area contributed by atoms with Crippen LogP contribution >= 0.6 is 11.8 Å². The SMILES string of the molecule is CC1CC2CCCC(C2)C1NC(=O)c1onc(OCC(=O)N(C)C)c1Sc1ccccc1. The number of nitrogens with one attached hydrogen (secondary N) is 1. The maximum absolute atomic E-state index is 13.3. The number of amides is 2. The fourth-order valence-electron chi connectivity index (χ4n) is 4.95. The fraction of sp³-hybridized carbons (Fsp3) is 0.542. The van der Waals surface area contributed by atoms with Crippen molar-refractivity contribution in [2.75, 3.05) is 20.7 Å². The summed E-state index contributed by atoms with van der Waals surface area (Å²) < 4.78 is 11.1. The van der Waals surface area contributed by atoms with Gasteiger partial charge < -0.3 is 19.5 Å². The number of hydrogen-bond acceptors (Lipinski definition) is 6. The second kappa shape index (κ2) is 9.98. The van der Waals surface area contributed by atoms with Crippen LogP contribution in [0.2, 0.25) is 0 Å². The summed E-state index contributed by atoms with van der Waals surface area (Å²) in [6, 6.07) is 9.81. The van der Waals surface area contributed by atoms with E-state index in [1.54, 1.807) is 14.1 Å². The van der Waals surface area contributed by atoms with Crippen molar-refractivity contribution in [3.63, 3.8) is 0 Å². The number of carbonyl (C=O) groups is 2. The van der Waals surface area contributed by atoms with Crippen LogP contribution < -0.4 is 10.1 Å². The van der Waals surface area contributed by atoms with Crippen molar-refractivity contribution >= 4 is 23.6 Å². The van der Waals surface area contributed by atoms with Gasteiger partial charge in [0, 0.05) is 25.0 Å². The third-order valence-corrected chi connectivity index (χ3v) is 7.64. The summed E-state index contributed by atoms with van der Waals surface area (Å²) in [4.78, 5) is 28.1. The molecule has 0 spiro atoms. The molecule has 4 unspecified atom stereocenters. The second-order valence-corrected chi connectivity index (χ2v) is 10.2. The molecule has 0 saturated heterocycles. The van der Waals surface area contributed by atoms with Crippen molar-refractivity contribution in [2.45, 2.75) is 54.9 Å². The van der Waals surface area contributed by atoms with Gasteiger partial charge in [0.1, 0.15) is 4.90 Å². The van der Waals surface area contributed by atoms with E-state index in [1.807, 2.05) is 30.3 Å². The summed E-state index contributed by atoms with van der Waals surface area (Å²) in [5.41, 5.74) is 0. The molecule has 172 valence electrons. The summed E-state index contributed by atoms with van der Waals surface area (Å²) in [7, 11) is 3.32. The Hall–Kier alpha value is -2.48. The first-order chi connectivity index (χ1) is 15.4. The Morgan fingerprint density at radius 2 is 2.00 bits per heavy atom. The van der Waals surface area contributed by atoms with Crippen molar-refractivity contribution in [3.8, 4) is 5.88 Å². The van der Waals surface area contributed by atoms with Crippen LogP contribution in [0, 0.1) is 17.8 Å². The van der Waals surface area contributed by atoms with Gasteiger partial charge in [-0.3, -0.25) is 9.59 Å². The molecule has 2 saturated carbocycles. The van der Waals surface area contributed by atoms with E-state index >= 15 is 0 Å². The van der Waals surface area contributed by atoms with Crippen LogP contribution in [0.25, 0.3) is 0 Å². The molecule has 0 aliphatic heterocycles. The molecule has 1 heterocycles. The predicted molar refractivity (Wildman–Crippen MR) is 122 cm³/mol. The molecule has 2 aliphatic rings. The minimum absolute atomic E-state index is 0.135. The molecule has 1 aromatic carbocycles. The largest absolute Gasteiger partial charge is 0.465 e. The molecule has 2 amide bonds. The van der Waals surface area contributed by atoms with Crippen molar-refractivity contribution < 1.29 is 18.8 Å². The highest BCUT2D eigenvalue weighted by Crippen LogP contribution is 2.43. The van der Waals surface area contributed by atoms with Crippen LogP contribution in [0.1, 0.15) is 49.6 Å². The van der Waals surface area contributed by atoms with E-state index in [2.05, 4.69) is 17.4 Å². The second-order valence-electron chi connectivity index (χ2n) is 9.14. The molecule has 32 heavy (non-hydrogen) atoms. The highest BCUT2D eigenvalue weighted by molar-refractivity contribution is 7.99. The minimum atomic E-state index is -0.273. The number of ether oxygens (including phenoxy) is 1. The molecule has 8 heteroatoms. The van der Waals surface area contributed by atoms with E-state index in [9.17, 15) is 9.59 Å². The Morgan fingerprint density at radius 3 is 2.75 bits per heavy atom. The summed E-state index contributed by atoms with van der Waals surface area (Å²) in [6.45, 7) is 2.06. The quantitative estimate of drug-likeness (QED) is 0.670. The molecule has 2 bridgehead atoms. The molecule has 7 nitrogen and oxygen atoms in total. The lowest BCUT2D eigenvalue weighted by Crippen LogP contribution is -2.49. The van der Waals surface area contributed by atoms with Gasteiger partial charge in [0.25, 0.3) is 17.7 Å². The van der Waals surface area contributed by atoms with E-state index in [0.29, 0.717) is 16.7 Å². The zero-order valence-electron chi connectivity index (χ0n) is 18.9. The predicted octanol–water partition coefficient (Wildman–Crippen LogP) is 4.24. The van der Waals surface area contributed by atoms with Gasteiger partial charge in [-0.2, -0.15) is 0 Å². The molecule has 2 aromatic rings. The van der Waals surface area contributed by atoms with E-state index < -0.39 is 0 Å². The average Bonchev–Trinajstić information content (AvgIpc) is 3.18. The summed E-state index contributed by atoms with van der Waals surface area (Å²) in [5, 5.41) is 7.24. The van der Waals surface area contributed by atoms with Gasteiger partial charge in [-0.05, 0) is 54.3 Å². The molecule has 4 atom stereocenters. The summed E-state index contributed by atoms with van der Waals surface area (Å²) >= 11 is 1.35. The molecule has 0 radical (unpaired) electrons. The highest BCUT2D eigenvalue weighted by Gasteiger charge is 2.39. The average molecular weight is 458 g/mol. The first-order valence-electron chi connectivity index (χ1n) is 11.3. The van der Waals surface area contributed by atoms with Crippen molar-refractivity contribution in [2.24, 2.45) is 17.8 Å². The Kier molecular flexibility index (Phi) is 7.08. The smallest absolute Gasteiger partial charge is 0.291 e. The monoisotopic (exact) mass is 457 g/mol. The molecule has 1 aromatic heterocycles. The maximum Gasteiger partial charge on any atom is 0.291 e. The Labute approximate surface area is 193 Å². The van der Waals surface area contributed by atoms with Gasteiger partial charge in [0.2, 0.25) is 5.76 Å². The van der Waals surface area contributed by atoms with E-state index in [1.165, 1.54) is 35.9 Å². The Bertz CT molecular complexity index is 944. The fourth-order valence-corrected chi connectivity index (χ4v) is 5.88. The van der Waals surface area contributed by atoms with Crippen LogP contribution in [-0.4, -0.2) is 48.6 Å². The van der Waals surface area contributed by atoms with E-state index in [0.717, 1.165) is 23.7 Å².